The molecule has 0 unspecified atom stereocenters. The molecule has 0 fully saturated rings. The van der Waals surface area contributed by atoms with Crippen LogP contribution in [0.2, 0.25) is 0 Å². The van der Waals surface area contributed by atoms with Crippen LogP contribution in [-0.2, 0) is 13.5 Å². The largest absolute Gasteiger partial charge is 0.390 e. The third-order valence-corrected chi connectivity index (χ3v) is 3.79. The van der Waals surface area contributed by atoms with Crippen LogP contribution in [0, 0.1) is 0 Å². The van der Waals surface area contributed by atoms with Gasteiger partial charge in [0.25, 0.3) is 5.91 Å². The number of carbonyl (C=O) groups excluding carboxylic acids is 1. The van der Waals surface area contributed by atoms with Crippen LogP contribution in [0.5, 0.6) is 0 Å². The van der Waals surface area contributed by atoms with Gasteiger partial charge in [0.05, 0.1) is 17.8 Å². The van der Waals surface area contributed by atoms with Gasteiger partial charge in [0.1, 0.15) is 0 Å². The Labute approximate surface area is 137 Å². The van der Waals surface area contributed by atoms with Gasteiger partial charge in [-0.05, 0) is 51.3 Å². The van der Waals surface area contributed by atoms with Crippen molar-refractivity contribution in [3.8, 4) is 0 Å². The summed E-state index contributed by atoms with van der Waals surface area (Å²) in [5.41, 5.74) is 1.95. The molecule has 0 saturated carbocycles. The molecule has 2 aromatic rings. The molecular weight excluding hydrogens is 290 g/mol. The van der Waals surface area contributed by atoms with E-state index in [2.05, 4.69) is 10.4 Å². The van der Waals surface area contributed by atoms with Crippen LogP contribution in [0.15, 0.2) is 36.7 Å². The van der Waals surface area contributed by atoms with Crippen molar-refractivity contribution in [1.82, 2.24) is 15.1 Å². The molecule has 5 nitrogen and oxygen atoms in total. The molecule has 1 amide bonds. The molecule has 2 rings (SSSR count). The fourth-order valence-corrected chi connectivity index (χ4v) is 2.35. The molecule has 124 valence electrons. The highest BCUT2D eigenvalue weighted by Gasteiger charge is 2.15. The highest BCUT2D eigenvalue weighted by Crippen LogP contribution is 2.16. The number of nitrogens with zero attached hydrogens (tertiary/aromatic N) is 2. The van der Waals surface area contributed by atoms with Crippen LogP contribution in [-0.4, -0.2) is 26.4 Å². The zero-order chi connectivity index (χ0) is 17.0. The highest BCUT2D eigenvalue weighted by atomic mass is 16.3. The molecule has 0 aliphatic heterocycles. The van der Waals surface area contributed by atoms with Crippen molar-refractivity contribution in [2.75, 3.05) is 0 Å². The van der Waals surface area contributed by atoms with Gasteiger partial charge < -0.3 is 10.4 Å². The second-order valence-corrected chi connectivity index (χ2v) is 6.66. The summed E-state index contributed by atoms with van der Waals surface area (Å²) in [6.45, 7) is 5.52. The van der Waals surface area contributed by atoms with Gasteiger partial charge in [-0.2, -0.15) is 5.10 Å². The SMILES string of the molecule is C[C@@H](NC(=O)c1cccc(CCC(C)(C)O)c1)c1cnn(C)c1. The summed E-state index contributed by atoms with van der Waals surface area (Å²) in [6.07, 6.45) is 5.04. The number of hydrogen-bond acceptors (Lipinski definition) is 3. The van der Waals surface area contributed by atoms with Gasteiger partial charge in [-0.3, -0.25) is 9.48 Å². The predicted octanol–water partition coefficient (Wildman–Crippen LogP) is 2.61. The molecule has 5 heteroatoms. The number of amides is 1. The molecular formula is C18H25N3O2. The summed E-state index contributed by atoms with van der Waals surface area (Å²) in [7, 11) is 1.85. The first kappa shape index (κ1) is 17.2. The summed E-state index contributed by atoms with van der Waals surface area (Å²) in [5, 5.41) is 16.9. The molecule has 0 saturated heterocycles. The van der Waals surface area contributed by atoms with Crippen molar-refractivity contribution in [2.24, 2.45) is 7.05 Å². The Balaban J connectivity index is 2.02. The molecule has 0 spiro atoms. The zero-order valence-corrected chi connectivity index (χ0v) is 14.2. The Hall–Kier alpha value is -2.14. The second kappa shape index (κ2) is 6.96. The monoisotopic (exact) mass is 315 g/mol. The minimum Gasteiger partial charge on any atom is -0.390 e. The number of benzene rings is 1. The molecule has 1 aromatic carbocycles. The fraction of sp³-hybridized carbons (Fsp3) is 0.444. The van der Waals surface area contributed by atoms with Gasteiger partial charge in [0.2, 0.25) is 0 Å². The first-order valence-electron chi connectivity index (χ1n) is 7.85. The van der Waals surface area contributed by atoms with Crippen LogP contribution in [0.25, 0.3) is 0 Å². The fourth-order valence-electron chi connectivity index (χ4n) is 2.35. The minimum absolute atomic E-state index is 0.101. The predicted molar refractivity (Wildman–Crippen MR) is 90.2 cm³/mol. The number of aryl methyl sites for hydroxylation is 2. The average molecular weight is 315 g/mol. The maximum absolute atomic E-state index is 12.4. The van der Waals surface area contributed by atoms with Gasteiger partial charge in [-0.15, -0.1) is 0 Å². The minimum atomic E-state index is -0.701. The summed E-state index contributed by atoms with van der Waals surface area (Å²) in [4.78, 5) is 12.4. The van der Waals surface area contributed by atoms with Crippen molar-refractivity contribution >= 4 is 5.91 Å². The number of aliphatic hydroxyl groups is 1. The zero-order valence-electron chi connectivity index (χ0n) is 14.2. The van der Waals surface area contributed by atoms with E-state index in [9.17, 15) is 9.90 Å². The lowest BCUT2D eigenvalue weighted by molar-refractivity contribution is 0.0714. The smallest absolute Gasteiger partial charge is 0.251 e. The summed E-state index contributed by atoms with van der Waals surface area (Å²) < 4.78 is 1.72. The van der Waals surface area contributed by atoms with Crippen molar-refractivity contribution < 1.29 is 9.90 Å². The lowest BCUT2D eigenvalue weighted by Crippen LogP contribution is -2.26. The Morgan fingerprint density at radius 2 is 2.17 bits per heavy atom. The second-order valence-electron chi connectivity index (χ2n) is 6.66. The van der Waals surface area contributed by atoms with Crippen LogP contribution in [0.3, 0.4) is 0 Å². The highest BCUT2D eigenvalue weighted by molar-refractivity contribution is 5.94. The van der Waals surface area contributed by atoms with Gasteiger partial charge in [0.15, 0.2) is 0 Å². The lowest BCUT2D eigenvalue weighted by atomic mass is 9.98. The van der Waals surface area contributed by atoms with Crippen LogP contribution in [0.1, 0.15) is 54.7 Å². The first-order valence-corrected chi connectivity index (χ1v) is 7.85. The van der Waals surface area contributed by atoms with E-state index in [1.807, 2.05) is 38.4 Å². The van der Waals surface area contributed by atoms with Gasteiger partial charge >= 0.3 is 0 Å². The van der Waals surface area contributed by atoms with E-state index in [0.29, 0.717) is 12.0 Å². The number of carbonyl (C=O) groups is 1. The normalized spacial score (nSPS) is 12.9. The Morgan fingerprint density at radius 1 is 1.43 bits per heavy atom. The van der Waals surface area contributed by atoms with Crippen molar-refractivity contribution in [2.45, 2.75) is 45.3 Å². The van der Waals surface area contributed by atoms with Crippen molar-refractivity contribution in [3.05, 3.63) is 53.3 Å². The number of nitrogens with one attached hydrogen (secondary N) is 1. The maximum Gasteiger partial charge on any atom is 0.251 e. The Bertz CT molecular complexity index is 671. The van der Waals surface area contributed by atoms with E-state index >= 15 is 0 Å². The van der Waals surface area contributed by atoms with Crippen molar-refractivity contribution in [1.29, 1.82) is 0 Å². The van der Waals surface area contributed by atoms with E-state index in [4.69, 9.17) is 0 Å². The molecule has 0 aliphatic carbocycles. The molecule has 0 bridgehead atoms. The molecule has 2 N–H and O–H groups in total. The quantitative estimate of drug-likeness (QED) is 0.861. The molecule has 1 heterocycles. The Morgan fingerprint density at radius 3 is 2.78 bits per heavy atom. The molecule has 1 aromatic heterocycles. The summed E-state index contributed by atoms with van der Waals surface area (Å²) >= 11 is 0. The van der Waals surface area contributed by atoms with Crippen molar-refractivity contribution in [3.63, 3.8) is 0 Å². The maximum atomic E-state index is 12.4. The lowest BCUT2D eigenvalue weighted by Gasteiger charge is -2.17. The molecule has 0 aliphatic rings. The number of hydrogen-bond donors (Lipinski definition) is 2. The van der Waals surface area contributed by atoms with Crippen LogP contribution in [0.4, 0.5) is 0 Å². The number of rotatable bonds is 6. The average Bonchev–Trinajstić information content (AvgIpc) is 2.91. The topological polar surface area (TPSA) is 67.2 Å². The third-order valence-electron chi connectivity index (χ3n) is 3.79. The van der Waals surface area contributed by atoms with E-state index < -0.39 is 5.60 Å². The first-order chi connectivity index (χ1) is 10.7. The summed E-state index contributed by atoms with van der Waals surface area (Å²) in [5.74, 6) is -0.105. The van der Waals surface area contributed by atoms with E-state index in [-0.39, 0.29) is 11.9 Å². The van der Waals surface area contributed by atoms with Gasteiger partial charge in [-0.25, -0.2) is 0 Å². The van der Waals surface area contributed by atoms with Crippen LogP contribution < -0.4 is 5.32 Å². The van der Waals surface area contributed by atoms with Crippen LogP contribution >= 0.6 is 0 Å². The van der Waals surface area contributed by atoms with E-state index in [0.717, 1.165) is 17.5 Å². The van der Waals surface area contributed by atoms with E-state index in [1.54, 1.807) is 30.8 Å². The molecule has 1 atom stereocenters. The Kier molecular flexibility index (Phi) is 5.21. The standard InChI is InChI=1S/C18H25N3O2/c1-13(16-11-19-21(4)12-16)20-17(22)15-7-5-6-14(10-15)8-9-18(2,3)23/h5-7,10-13,23H,8-9H2,1-4H3,(H,20,22)/t13-/m1/s1. The number of aromatic nitrogens is 2. The van der Waals surface area contributed by atoms with Gasteiger partial charge in [0, 0.05) is 24.4 Å². The molecule has 23 heavy (non-hydrogen) atoms. The van der Waals surface area contributed by atoms with E-state index in [1.165, 1.54) is 0 Å². The summed E-state index contributed by atoms with van der Waals surface area (Å²) in [6, 6.07) is 7.45. The third kappa shape index (κ3) is 5.21. The van der Waals surface area contributed by atoms with Gasteiger partial charge in [-0.1, -0.05) is 12.1 Å². The molecule has 0 radical (unpaired) electrons.